The third-order valence-electron chi connectivity index (χ3n) is 5.86. The standard InChI is InChI=1S/C20H26N4O3S.CH2O2/c1-22(2)28(25,26)24-13-16-12-23(17-8-10-21-11-9-17)14-19(16)20(24)15-4-6-18(27-3)7-5-15;2-1-3/h4-11,16,19-20H,12-14H2,1-3H3;1H,(H,2,3)/t16-,19-,20-;/m0./s1. The Bertz CT molecular complexity index is 969. The molecule has 9 nitrogen and oxygen atoms in total. The summed E-state index contributed by atoms with van der Waals surface area (Å²) in [5, 5.41) is 6.89. The number of carboxylic acid groups (broad SMARTS) is 1. The lowest BCUT2D eigenvalue weighted by molar-refractivity contribution is -0.122. The zero-order valence-electron chi connectivity index (χ0n) is 17.8. The van der Waals surface area contributed by atoms with E-state index in [0.29, 0.717) is 6.54 Å². The Hall–Kier alpha value is -2.69. The van der Waals surface area contributed by atoms with Crippen LogP contribution in [0.3, 0.4) is 0 Å². The molecule has 2 aromatic rings. The van der Waals surface area contributed by atoms with Crippen molar-refractivity contribution in [2.75, 3.05) is 45.7 Å². The summed E-state index contributed by atoms with van der Waals surface area (Å²) >= 11 is 0. The van der Waals surface area contributed by atoms with E-state index in [2.05, 4.69) is 9.88 Å². The number of hydrogen-bond donors (Lipinski definition) is 1. The molecule has 0 amide bonds. The predicted molar refractivity (Wildman–Crippen MR) is 117 cm³/mol. The second-order valence-electron chi connectivity index (χ2n) is 7.72. The third-order valence-corrected chi connectivity index (χ3v) is 7.76. The van der Waals surface area contributed by atoms with Crippen molar-refractivity contribution in [1.29, 1.82) is 0 Å². The van der Waals surface area contributed by atoms with Gasteiger partial charge in [0.25, 0.3) is 16.7 Å². The largest absolute Gasteiger partial charge is 0.497 e. The zero-order valence-corrected chi connectivity index (χ0v) is 18.6. The summed E-state index contributed by atoms with van der Waals surface area (Å²) in [6.45, 7) is 1.95. The molecule has 0 saturated carbocycles. The maximum atomic E-state index is 13.0. The minimum Gasteiger partial charge on any atom is -0.497 e. The molecule has 10 heteroatoms. The molecule has 1 aromatic carbocycles. The van der Waals surface area contributed by atoms with Gasteiger partial charge in [-0.3, -0.25) is 9.78 Å². The molecule has 1 N–H and O–H groups in total. The van der Waals surface area contributed by atoms with Gasteiger partial charge < -0.3 is 14.7 Å². The van der Waals surface area contributed by atoms with Crippen LogP contribution < -0.4 is 9.64 Å². The smallest absolute Gasteiger partial charge is 0.290 e. The van der Waals surface area contributed by atoms with Crippen molar-refractivity contribution in [1.82, 2.24) is 13.6 Å². The van der Waals surface area contributed by atoms with E-state index in [1.54, 1.807) is 37.9 Å². The first-order valence-corrected chi connectivity index (χ1v) is 11.3. The molecule has 31 heavy (non-hydrogen) atoms. The van der Waals surface area contributed by atoms with E-state index < -0.39 is 10.2 Å². The van der Waals surface area contributed by atoms with Gasteiger partial charge in [-0.05, 0) is 35.7 Å². The Morgan fingerprint density at radius 1 is 1.10 bits per heavy atom. The van der Waals surface area contributed by atoms with Crippen LogP contribution in [0.2, 0.25) is 0 Å². The first-order chi connectivity index (χ1) is 14.8. The number of hydrogen-bond acceptors (Lipinski definition) is 6. The van der Waals surface area contributed by atoms with Crippen LogP contribution in [0.5, 0.6) is 5.75 Å². The fourth-order valence-corrected chi connectivity index (χ4v) is 5.80. The van der Waals surface area contributed by atoms with Gasteiger partial charge in [0.1, 0.15) is 5.75 Å². The van der Waals surface area contributed by atoms with Crippen LogP contribution in [0, 0.1) is 11.8 Å². The highest BCUT2D eigenvalue weighted by molar-refractivity contribution is 7.86. The SMILES string of the molecule is COc1ccc([C@H]2[C@H]3CN(c4ccncc4)C[C@H]3CN2S(=O)(=O)N(C)C)cc1.O=CO. The van der Waals surface area contributed by atoms with Gasteiger partial charge in [-0.1, -0.05) is 12.1 Å². The van der Waals surface area contributed by atoms with Crippen molar-refractivity contribution in [3.8, 4) is 5.75 Å². The number of methoxy groups -OCH3 is 1. The lowest BCUT2D eigenvalue weighted by Gasteiger charge is -2.31. The van der Waals surface area contributed by atoms with Crippen molar-refractivity contribution in [3.05, 3.63) is 54.4 Å². The van der Waals surface area contributed by atoms with Crippen molar-refractivity contribution in [3.63, 3.8) is 0 Å². The molecule has 3 heterocycles. The molecular formula is C21H28N4O5S. The average molecular weight is 449 g/mol. The molecule has 0 aliphatic carbocycles. The quantitative estimate of drug-likeness (QED) is 0.695. The van der Waals surface area contributed by atoms with E-state index in [-0.39, 0.29) is 24.3 Å². The summed E-state index contributed by atoms with van der Waals surface area (Å²) in [6.07, 6.45) is 3.60. The Balaban J connectivity index is 0.000000858. The minimum absolute atomic E-state index is 0.185. The van der Waals surface area contributed by atoms with E-state index in [9.17, 15) is 8.42 Å². The summed E-state index contributed by atoms with van der Waals surface area (Å²) in [6, 6.07) is 11.6. The summed E-state index contributed by atoms with van der Waals surface area (Å²) in [5.41, 5.74) is 2.15. The maximum Gasteiger partial charge on any atom is 0.290 e. The first kappa shape index (κ1) is 23.0. The Morgan fingerprint density at radius 2 is 1.71 bits per heavy atom. The summed E-state index contributed by atoms with van der Waals surface area (Å²) in [7, 11) is 1.32. The van der Waals surface area contributed by atoms with Gasteiger partial charge in [-0.25, -0.2) is 0 Å². The highest BCUT2D eigenvalue weighted by Gasteiger charge is 2.51. The maximum absolute atomic E-state index is 13.0. The number of nitrogens with zero attached hydrogens (tertiary/aromatic N) is 4. The Morgan fingerprint density at radius 3 is 2.26 bits per heavy atom. The summed E-state index contributed by atoms with van der Waals surface area (Å²) < 4.78 is 34.3. The van der Waals surface area contributed by atoms with Gasteiger partial charge in [-0.2, -0.15) is 17.0 Å². The van der Waals surface area contributed by atoms with Gasteiger partial charge in [0.05, 0.1) is 13.2 Å². The molecule has 2 saturated heterocycles. The fraction of sp³-hybridized carbons (Fsp3) is 0.429. The van der Waals surface area contributed by atoms with Crippen LogP contribution in [-0.2, 0) is 15.0 Å². The number of benzene rings is 1. The molecule has 168 valence electrons. The second-order valence-corrected chi connectivity index (χ2v) is 9.81. The number of ether oxygens (including phenoxy) is 1. The third kappa shape index (κ3) is 4.65. The number of aromatic nitrogens is 1. The number of carbonyl (C=O) groups is 1. The van der Waals surface area contributed by atoms with Crippen LogP contribution in [0.1, 0.15) is 11.6 Å². The van der Waals surface area contributed by atoms with Crippen molar-refractivity contribution >= 4 is 22.4 Å². The normalized spacial score (nSPS) is 23.2. The molecule has 4 rings (SSSR count). The van der Waals surface area contributed by atoms with Gasteiger partial charge in [0, 0.05) is 57.7 Å². The molecule has 0 bridgehead atoms. The monoisotopic (exact) mass is 448 g/mol. The fourth-order valence-electron chi connectivity index (χ4n) is 4.43. The number of pyridine rings is 1. The van der Waals surface area contributed by atoms with Crippen LogP contribution >= 0.6 is 0 Å². The van der Waals surface area contributed by atoms with Crippen LogP contribution in [0.25, 0.3) is 0 Å². The molecule has 1 aromatic heterocycles. The van der Waals surface area contributed by atoms with E-state index in [1.807, 2.05) is 36.4 Å². The highest BCUT2D eigenvalue weighted by Crippen LogP contribution is 2.47. The van der Waals surface area contributed by atoms with Crippen molar-refractivity contribution in [2.24, 2.45) is 11.8 Å². The van der Waals surface area contributed by atoms with Gasteiger partial charge in [-0.15, -0.1) is 0 Å². The summed E-state index contributed by atoms with van der Waals surface area (Å²) in [4.78, 5) is 14.8. The zero-order chi connectivity index (χ0) is 22.6. The van der Waals surface area contributed by atoms with E-state index in [4.69, 9.17) is 14.6 Å². The van der Waals surface area contributed by atoms with Gasteiger partial charge in [0.2, 0.25) is 0 Å². The predicted octanol–water partition coefficient (Wildman–Crippen LogP) is 1.71. The van der Waals surface area contributed by atoms with E-state index >= 15 is 0 Å². The summed E-state index contributed by atoms with van der Waals surface area (Å²) in [5.74, 6) is 1.29. The highest BCUT2D eigenvalue weighted by atomic mass is 32.2. The molecule has 0 spiro atoms. The van der Waals surface area contributed by atoms with E-state index in [1.165, 1.54) is 4.31 Å². The molecule has 0 radical (unpaired) electrons. The lowest BCUT2D eigenvalue weighted by Crippen LogP contribution is -2.42. The van der Waals surface area contributed by atoms with Crippen molar-refractivity contribution < 1.29 is 23.1 Å². The Labute approximate surface area is 183 Å². The molecule has 0 unspecified atom stereocenters. The molecule has 2 aliphatic rings. The van der Waals surface area contributed by atoms with E-state index in [0.717, 1.165) is 30.1 Å². The molecule has 3 atom stereocenters. The van der Waals surface area contributed by atoms with Crippen LogP contribution in [-0.4, -0.2) is 74.4 Å². The molecule has 2 aliphatic heterocycles. The van der Waals surface area contributed by atoms with Crippen LogP contribution in [0.15, 0.2) is 48.8 Å². The van der Waals surface area contributed by atoms with Crippen LogP contribution in [0.4, 0.5) is 5.69 Å². The number of fused-ring (bicyclic) bond motifs is 1. The second kappa shape index (κ2) is 9.63. The topological polar surface area (TPSA) is 103 Å². The van der Waals surface area contributed by atoms with Gasteiger partial charge in [0.15, 0.2) is 0 Å². The molecule has 2 fully saturated rings. The van der Waals surface area contributed by atoms with Gasteiger partial charge >= 0.3 is 0 Å². The lowest BCUT2D eigenvalue weighted by atomic mass is 9.90. The van der Waals surface area contributed by atoms with Crippen molar-refractivity contribution in [2.45, 2.75) is 6.04 Å². The number of anilines is 1. The number of rotatable bonds is 5. The molecular weight excluding hydrogens is 420 g/mol. The first-order valence-electron chi connectivity index (χ1n) is 9.89. The minimum atomic E-state index is -3.51. The average Bonchev–Trinajstić information content (AvgIpc) is 3.33. The Kier molecular flexibility index (Phi) is 7.14.